The molecule has 0 aromatic heterocycles. The molecule has 4 N–H and O–H groups in total. The number of aliphatic carboxylic acids is 3. The maximum atomic E-state index is 10.3. The summed E-state index contributed by atoms with van der Waals surface area (Å²) in [6.07, 6.45) is -2.44. The Kier molecular flexibility index (Phi) is 19.1. The molecule has 82 valence electrons. The van der Waals surface area contributed by atoms with Crippen molar-refractivity contribution in [2.75, 3.05) is 0 Å². The standard InChI is InChI=1S/C6H8O7.2K.H2O/c7-3(8)1-6(13,5(11)12)2-4(9)10;;;/h13H,1-2H2,(H,7,8)(H,9,10)(H,11,12);;;1H2/q;2*+1;/p-2. The van der Waals surface area contributed by atoms with Crippen molar-refractivity contribution in [3.8, 4) is 0 Å². The number of hydrogen-bond donors (Lipinski definition) is 3. The topological polar surface area (TPSA) is 165 Å². The third-order valence-electron chi connectivity index (χ3n) is 1.28. The van der Waals surface area contributed by atoms with Crippen LogP contribution >= 0.6 is 0 Å². The van der Waals surface area contributed by atoms with Gasteiger partial charge in [-0.1, -0.05) is 0 Å². The largest absolute Gasteiger partial charge is 1.00 e. The number of carboxylic acid groups (broad SMARTS) is 3. The summed E-state index contributed by atoms with van der Waals surface area (Å²) in [5.41, 5.74) is -2.80. The Balaban J connectivity index is -0.000000240. The fraction of sp³-hybridized carbons (Fsp3) is 0.500. The monoisotopic (exact) mass is 286 g/mol. The normalized spacial score (nSPS) is 11.8. The third-order valence-corrected chi connectivity index (χ3v) is 1.28. The molecule has 16 heavy (non-hydrogen) atoms. The average molecular weight is 286 g/mol. The van der Waals surface area contributed by atoms with E-state index in [1.54, 1.807) is 0 Å². The zero-order chi connectivity index (χ0) is 10.6. The maximum absolute atomic E-state index is 10.3. The van der Waals surface area contributed by atoms with E-state index in [9.17, 15) is 19.5 Å². The van der Waals surface area contributed by atoms with Gasteiger partial charge < -0.3 is 30.7 Å². The predicted molar refractivity (Wildman–Crippen MR) is 36.4 cm³/mol. The van der Waals surface area contributed by atoms with E-state index in [4.69, 9.17) is 15.3 Å². The second-order valence-corrected chi connectivity index (χ2v) is 2.46. The van der Waals surface area contributed by atoms with Crippen molar-refractivity contribution in [1.29, 1.82) is 0 Å². The molecule has 0 rings (SSSR count). The van der Waals surface area contributed by atoms with Gasteiger partial charge in [-0.05, 0) is 0 Å². The molecule has 0 spiro atoms. The van der Waals surface area contributed by atoms with E-state index in [1.807, 2.05) is 0 Å². The molecule has 0 radical (unpaired) electrons. The van der Waals surface area contributed by atoms with Crippen molar-refractivity contribution in [2.24, 2.45) is 0 Å². The molecule has 10 heteroatoms. The molecule has 0 fully saturated rings. The van der Waals surface area contributed by atoms with Crippen molar-refractivity contribution >= 4 is 17.9 Å². The number of carboxylic acids is 3. The van der Waals surface area contributed by atoms with Crippen LogP contribution in [0.5, 0.6) is 0 Å². The van der Waals surface area contributed by atoms with Crippen molar-refractivity contribution in [2.45, 2.75) is 18.4 Å². The summed E-state index contributed by atoms with van der Waals surface area (Å²) >= 11 is 0. The molecule has 0 amide bonds. The maximum Gasteiger partial charge on any atom is 1.00 e. The van der Waals surface area contributed by atoms with Crippen molar-refractivity contribution in [1.82, 2.24) is 0 Å². The first kappa shape index (κ1) is 26.2. The van der Waals surface area contributed by atoms with E-state index >= 15 is 0 Å². The first-order valence-corrected chi connectivity index (χ1v) is 3.15. The Hall–Kier alpha value is 1.60. The molecular weight excluding hydrogens is 278 g/mol. The van der Waals surface area contributed by atoms with Gasteiger partial charge in [0, 0.05) is 12.4 Å². The van der Waals surface area contributed by atoms with Gasteiger partial charge in [0.25, 0.3) is 0 Å². The number of carbonyl (C=O) groups excluding carboxylic acids is 1. The van der Waals surface area contributed by atoms with E-state index in [-0.39, 0.29) is 108 Å². The molecule has 0 aromatic carbocycles. The minimum atomic E-state index is -2.80. The molecule has 0 aliphatic carbocycles. The number of hydrogen-bond acceptors (Lipinski definition) is 6. The number of rotatable bonds is 5. The van der Waals surface area contributed by atoms with Gasteiger partial charge in [-0.15, -0.1) is 0 Å². The van der Waals surface area contributed by atoms with Crippen molar-refractivity contribution < 1.29 is 143 Å². The van der Waals surface area contributed by atoms with E-state index < -0.39 is 36.4 Å². The minimum Gasteiger partial charge on any atom is -0.870 e. The Morgan fingerprint density at radius 2 is 1.44 bits per heavy atom. The Bertz CT molecular complexity index is 237. The van der Waals surface area contributed by atoms with E-state index in [0.717, 1.165) is 0 Å². The first-order valence-electron chi connectivity index (χ1n) is 3.15. The van der Waals surface area contributed by atoms with Gasteiger partial charge in [-0.3, -0.25) is 4.79 Å². The molecule has 0 saturated carbocycles. The summed E-state index contributed by atoms with van der Waals surface area (Å²) in [7, 11) is 0. The first-order chi connectivity index (χ1) is 5.78. The van der Waals surface area contributed by atoms with Gasteiger partial charge in [-0.2, -0.15) is 0 Å². The van der Waals surface area contributed by atoms with Crippen LogP contribution in [0, 0.1) is 0 Å². The van der Waals surface area contributed by atoms with Gasteiger partial charge in [-0.25, -0.2) is 4.79 Å². The van der Waals surface area contributed by atoms with Crippen LogP contribution in [0.1, 0.15) is 12.8 Å². The van der Waals surface area contributed by atoms with Crippen molar-refractivity contribution in [3.05, 3.63) is 0 Å². The number of carbonyl (C=O) groups is 3. The average Bonchev–Trinajstić information content (AvgIpc) is 1.82. The van der Waals surface area contributed by atoms with Crippen molar-refractivity contribution in [3.63, 3.8) is 0 Å². The second-order valence-electron chi connectivity index (χ2n) is 2.46. The van der Waals surface area contributed by atoms with Crippen LogP contribution in [0.2, 0.25) is 0 Å². The van der Waals surface area contributed by atoms with Gasteiger partial charge in [0.15, 0.2) is 5.60 Å². The zero-order valence-corrected chi connectivity index (χ0v) is 15.1. The quantitative estimate of drug-likeness (QED) is 0.419. The van der Waals surface area contributed by atoms with Crippen LogP contribution in [0.3, 0.4) is 0 Å². The molecule has 0 saturated heterocycles. The van der Waals surface area contributed by atoms with Crippen LogP contribution in [0.25, 0.3) is 0 Å². The fourth-order valence-corrected chi connectivity index (χ4v) is 0.703. The summed E-state index contributed by atoms with van der Waals surface area (Å²) in [5.74, 6) is -5.34. The molecular formula is C6H8K2O8. The molecule has 0 aliphatic heterocycles. The fourth-order valence-electron chi connectivity index (χ4n) is 0.703. The van der Waals surface area contributed by atoms with E-state index in [1.165, 1.54) is 0 Å². The van der Waals surface area contributed by atoms with E-state index in [2.05, 4.69) is 0 Å². The Morgan fingerprint density at radius 1 is 1.06 bits per heavy atom. The molecule has 0 bridgehead atoms. The summed E-state index contributed by atoms with van der Waals surface area (Å²) in [6, 6.07) is 0. The molecule has 0 aromatic rings. The summed E-state index contributed by atoms with van der Waals surface area (Å²) in [6.45, 7) is 0. The van der Waals surface area contributed by atoms with Crippen LogP contribution in [0.15, 0.2) is 0 Å². The second kappa shape index (κ2) is 11.7. The molecule has 1 unspecified atom stereocenters. The van der Waals surface area contributed by atoms with Gasteiger partial charge >= 0.3 is 115 Å². The van der Waals surface area contributed by atoms with Crippen LogP contribution in [-0.4, -0.2) is 44.3 Å². The molecule has 8 nitrogen and oxygen atoms in total. The Morgan fingerprint density at radius 3 is 1.62 bits per heavy atom. The SMILES string of the molecule is O=C([O-])CC(O)(CC(=O)O)C(=O)O.[K+].[K+].[OH-]. The number of aliphatic hydroxyl groups is 1. The van der Waals surface area contributed by atoms with Gasteiger partial charge in [0.2, 0.25) is 0 Å². The zero-order valence-electron chi connectivity index (χ0n) is 8.84. The van der Waals surface area contributed by atoms with E-state index in [0.29, 0.717) is 0 Å². The van der Waals surface area contributed by atoms with Gasteiger partial charge in [0.1, 0.15) is 0 Å². The predicted octanol–water partition coefficient (Wildman–Crippen LogP) is -8.75. The summed E-state index contributed by atoms with van der Waals surface area (Å²) in [4.78, 5) is 30.3. The van der Waals surface area contributed by atoms with Crippen LogP contribution < -0.4 is 108 Å². The third kappa shape index (κ3) is 10.7. The van der Waals surface area contributed by atoms with Gasteiger partial charge in [0.05, 0.1) is 6.42 Å². The smallest absolute Gasteiger partial charge is 0.870 e. The Labute approximate surface area is 176 Å². The molecule has 0 heterocycles. The summed E-state index contributed by atoms with van der Waals surface area (Å²) < 4.78 is 0. The van der Waals surface area contributed by atoms with Crippen LogP contribution in [-0.2, 0) is 14.4 Å². The van der Waals surface area contributed by atoms with Crippen LogP contribution in [0.4, 0.5) is 0 Å². The molecule has 1 atom stereocenters. The molecule has 0 aliphatic rings. The minimum absolute atomic E-state index is 0. The summed E-state index contributed by atoms with van der Waals surface area (Å²) in [5, 5.41) is 35.5.